The Labute approximate surface area is 125 Å². The number of hydrogen-bond donors (Lipinski definition) is 0. The Morgan fingerprint density at radius 3 is 2.29 bits per heavy atom. The Bertz CT molecular complexity index is 607. The molecule has 1 aromatic heterocycles. The maximum atomic E-state index is 8.70. The first-order valence-electron chi connectivity index (χ1n) is 7.23. The predicted molar refractivity (Wildman–Crippen MR) is 84.4 cm³/mol. The first-order chi connectivity index (χ1) is 10.4. The minimum Gasteiger partial charge on any atom is -0.368 e. The van der Waals surface area contributed by atoms with Crippen LogP contribution in [0.3, 0.4) is 0 Å². The molecule has 1 aromatic carbocycles. The van der Waals surface area contributed by atoms with E-state index in [0.717, 1.165) is 37.6 Å². The quantitative estimate of drug-likeness (QED) is 0.865. The molecule has 2 heterocycles. The van der Waals surface area contributed by atoms with Gasteiger partial charge in [-0.3, -0.25) is 0 Å². The normalized spacial score (nSPS) is 14.8. The highest BCUT2D eigenvalue weighted by atomic mass is 15.3. The average molecular weight is 278 g/mol. The summed E-state index contributed by atoms with van der Waals surface area (Å²) in [7, 11) is 0. The third kappa shape index (κ3) is 3.14. The van der Waals surface area contributed by atoms with Gasteiger partial charge in [-0.2, -0.15) is 5.26 Å². The molecule has 0 radical (unpaired) electrons. The zero-order chi connectivity index (χ0) is 14.5. The predicted octanol–water partition coefficient (Wildman–Crippen LogP) is 2.47. The molecule has 4 heteroatoms. The van der Waals surface area contributed by atoms with E-state index in [0.29, 0.717) is 6.42 Å². The van der Waals surface area contributed by atoms with Crippen molar-refractivity contribution in [1.29, 1.82) is 5.26 Å². The van der Waals surface area contributed by atoms with Gasteiger partial charge in [0.25, 0.3) is 0 Å². The van der Waals surface area contributed by atoms with Crippen molar-refractivity contribution in [1.82, 2.24) is 4.98 Å². The lowest BCUT2D eigenvalue weighted by Gasteiger charge is -2.36. The fourth-order valence-electron chi connectivity index (χ4n) is 2.65. The molecule has 0 spiro atoms. The second kappa shape index (κ2) is 6.27. The average Bonchev–Trinajstić information content (AvgIpc) is 2.57. The first-order valence-corrected chi connectivity index (χ1v) is 7.23. The summed E-state index contributed by atoms with van der Waals surface area (Å²) < 4.78 is 0. The first kappa shape index (κ1) is 13.4. The van der Waals surface area contributed by atoms with Gasteiger partial charge in [0, 0.05) is 38.1 Å². The summed E-state index contributed by atoms with van der Waals surface area (Å²) in [6.45, 7) is 3.95. The van der Waals surface area contributed by atoms with Gasteiger partial charge < -0.3 is 9.80 Å². The summed E-state index contributed by atoms with van der Waals surface area (Å²) >= 11 is 0. The molecule has 106 valence electrons. The largest absolute Gasteiger partial charge is 0.368 e. The maximum absolute atomic E-state index is 8.70. The van der Waals surface area contributed by atoms with Crippen LogP contribution in [0.2, 0.25) is 0 Å². The lowest BCUT2D eigenvalue weighted by molar-refractivity contribution is 0.647. The fourth-order valence-corrected chi connectivity index (χ4v) is 2.65. The van der Waals surface area contributed by atoms with Crippen LogP contribution in [0, 0.1) is 11.3 Å². The number of rotatable bonds is 3. The highest BCUT2D eigenvalue weighted by molar-refractivity contribution is 5.50. The van der Waals surface area contributed by atoms with Crippen molar-refractivity contribution in [2.75, 3.05) is 36.0 Å². The molecule has 1 aliphatic heterocycles. The van der Waals surface area contributed by atoms with E-state index in [1.54, 1.807) is 0 Å². The highest BCUT2D eigenvalue weighted by Crippen LogP contribution is 2.19. The summed E-state index contributed by atoms with van der Waals surface area (Å²) in [5.41, 5.74) is 2.31. The smallest absolute Gasteiger partial charge is 0.128 e. The molecule has 1 fully saturated rings. The van der Waals surface area contributed by atoms with Gasteiger partial charge in [-0.15, -0.1) is 0 Å². The number of aromatic nitrogens is 1. The van der Waals surface area contributed by atoms with Gasteiger partial charge in [-0.1, -0.05) is 18.2 Å². The third-order valence-corrected chi connectivity index (χ3v) is 3.84. The minimum absolute atomic E-state index is 0.480. The molecule has 2 aromatic rings. The Morgan fingerprint density at radius 1 is 0.952 bits per heavy atom. The molecule has 0 amide bonds. The van der Waals surface area contributed by atoms with Gasteiger partial charge in [-0.05, 0) is 29.8 Å². The molecule has 0 unspecified atom stereocenters. The van der Waals surface area contributed by atoms with E-state index in [1.165, 1.54) is 5.69 Å². The molecular weight excluding hydrogens is 260 g/mol. The summed E-state index contributed by atoms with van der Waals surface area (Å²) in [6.07, 6.45) is 2.32. The lowest BCUT2D eigenvalue weighted by atomic mass is 10.1. The molecule has 0 aliphatic carbocycles. The van der Waals surface area contributed by atoms with Crippen LogP contribution in [0.15, 0.2) is 48.7 Å². The molecule has 0 bridgehead atoms. The van der Waals surface area contributed by atoms with Crippen molar-refractivity contribution in [2.45, 2.75) is 6.42 Å². The molecule has 21 heavy (non-hydrogen) atoms. The lowest BCUT2D eigenvalue weighted by Crippen LogP contribution is -2.46. The summed E-state index contributed by atoms with van der Waals surface area (Å²) in [5.74, 6) is 1.06. The van der Waals surface area contributed by atoms with E-state index in [4.69, 9.17) is 5.26 Å². The van der Waals surface area contributed by atoms with E-state index in [-0.39, 0.29) is 0 Å². The van der Waals surface area contributed by atoms with E-state index >= 15 is 0 Å². The van der Waals surface area contributed by atoms with Crippen molar-refractivity contribution in [3.05, 3.63) is 54.2 Å². The van der Waals surface area contributed by atoms with E-state index in [9.17, 15) is 0 Å². The monoisotopic (exact) mass is 278 g/mol. The number of piperazine rings is 1. The van der Waals surface area contributed by atoms with Gasteiger partial charge in [0.15, 0.2) is 0 Å². The van der Waals surface area contributed by atoms with Crippen LogP contribution >= 0.6 is 0 Å². The van der Waals surface area contributed by atoms with Crippen LogP contribution in [0.5, 0.6) is 0 Å². The van der Waals surface area contributed by atoms with Gasteiger partial charge >= 0.3 is 0 Å². The van der Waals surface area contributed by atoms with Crippen LogP contribution in [0.4, 0.5) is 11.5 Å². The Hall–Kier alpha value is -2.54. The van der Waals surface area contributed by atoms with Gasteiger partial charge in [0.2, 0.25) is 0 Å². The van der Waals surface area contributed by atoms with Crippen LogP contribution in [-0.4, -0.2) is 31.2 Å². The summed E-state index contributed by atoms with van der Waals surface area (Å²) in [6, 6.07) is 16.5. The second-order valence-corrected chi connectivity index (χ2v) is 5.16. The zero-order valence-electron chi connectivity index (χ0n) is 11.9. The summed E-state index contributed by atoms with van der Waals surface area (Å²) in [5, 5.41) is 8.70. The molecular formula is C17H18N4. The minimum atomic E-state index is 0.480. The van der Waals surface area contributed by atoms with Crippen LogP contribution in [0.25, 0.3) is 0 Å². The molecule has 1 saturated heterocycles. The molecule has 0 N–H and O–H groups in total. The zero-order valence-corrected chi connectivity index (χ0v) is 11.9. The maximum Gasteiger partial charge on any atom is 0.128 e. The van der Waals surface area contributed by atoms with Crippen molar-refractivity contribution < 1.29 is 0 Å². The van der Waals surface area contributed by atoms with Crippen LogP contribution < -0.4 is 9.80 Å². The van der Waals surface area contributed by atoms with E-state index < -0.39 is 0 Å². The standard InChI is InChI=1S/C17H18N4/c18-9-8-15-4-6-16(7-5-15)20-11-13-21(14-12-20)17-3-1-2-10-19-17/h1-7,10H,8,11-14H2. The topological polar surface area (TPSA) is 43.2 Å². The third-order valence-electron chi connectivity index (χ3n) is 3.84. The molecule has 1 aliphatic rings. The molecule has 4 nitrogen and oxygen atoms in total. The van der Waals surface area contributed by atoms with Gasteiger partial charge in [0.05, 0.1) is 12.5 Å². The number of hydrogen-bond acceptors (Lipinski definition) is 4. The van der Waals surface area contributed by atoms with E-state index in [2.05, 4.69) is 39.1 Å². The number of pyridine rings is 1. The number of anilines is 2. The molecule has 3 rings (SSSR count). The highest BCUT2D eigenvalue weighted by Gasteiger charge is 2.17. The van der Waals surface area contributed by atoms with Crippen molar-refractivity contribution in [3.63, 3.8) is 0 Å². The summed E-state index contributed by atoms with van der Waals surface area (Å²) in [4.78, 5) is 9.11. The van der Waals surface area contributed by atoms with Crippen LogP contribution in [0.1, 0.15) is 5.56 Å². The van der Waals surface area contributed by atoms with E-state index in [1.807, 2.05) is 30.5 Å². The number of benzene rings is 1. The second-order valence-electron chi connectivity index (χ2n) is 5.16. The van der Waals surface area contributed by atoms with Gasteiger partial charge in [-0.25, -0.2) is 4.98 Å². The SMILES string of the molecule is N#CCc1ccc(N2CCN(c3ccccn3)CC2)cc1. The van der Waals surface area contributed by atoms with Crippen LogP contribution in [-0.2, 0) is 6.42 Å². The Morgan fingerprint density at radius 2 is 1.67 bits per heavy atom. The fraction of sp³-hybridized carbons (Fsp3) is 0.294. The van der Waals surface area contributed by atoms with Crippen molar-refractivity contribution in [2.24, 2.45) is 0 Å². The van der Waals surface area contributed by atoms with Crippen molar-refractivity contribution >= 4 is 11.5 Å². The molecule has 0 saturated carbocycles. The number of nitrogens with zero attached hydrogens (tertiary/aromatic N) is 4. The Balaban J connectivity index is 1.62. The molecule has 0 atom stereocenters. The number of nitriles is 1. The van der Waals surface area contributed by atoms with Crippen molar-refractivity contribution in [3.8, 4) is 6.07 Å². The van der Waals surface area contributed by atoms with Gasteiger partial charge in [0.1, 0.15) is 5.82 Å². The Kier molecular flexibility index (Phi) is 4.02.